The Morgan fingerprint density at radius 2 is 2.07 bits per heavy atom. The number of rotatable bonds is 0. The summed E-state index contributed by atoms with van der Waals surface area (Å²) >= 11 is 11.9. The van der Waals surface area contributed by atoms with E-state index in [-0.39, 0.29) is 0 Å². The van der Waals surface area contributed by atoms with E-state index in [4.69, 9.17) is 27.9 Å². The monoisotopic (exact) mass is 246 g/mol. The minimum Gasteiger partial charge on any atom is -0.486 e. The van der Waals surface area contributed by atoms with Gasteiger partial charge in [0.2, 0.25) is 0 Å². The Balaban J connectivity index is 2.56. The lowest BCUT2D eigenvalue weighted by Crippen LogP contribution is -2.34. The lowest BCUT2D eigenvalue weighted by atomic mass is 9.92. The summed E-state index contributed by atoms with van der Waals surface area (Å²) < 4.78 is 5.72. The SMILES string of the molecule is CC1(C)CC(O)c2ccc(Cl)c(Cl)c2O1. The van der Waals surface area contributed by atoms with Crippen LogP contribution in [0.25, 0.3) is 0 Å². The van der Waals surface area contributed by atoms with Gasteiger partial charge in [-0.3, -0.25) is 0 Å². The van der Waals surface area contributed by atoms with Crippen molar-refractivity contribution in [3.8, 4) is 5.75 Å². The van der Waals surface area contributed by atoms with Crippen LogP contribution in [0.4, 0.5) is 0 Å². The van der Waals surface area contributed by atoms with Gasteiger partial charge in [0, 0.05) is 12.0 Å². The molecule has 2 rings (SSSR count). The fourth-order valence-corrected chi connectivity index (χ4v) is 2.17. The summed E-state index contributed by atoms with van der Waals surface area (Å²) in [5, 5.41) is 10.8. The van der Waals surface area contributed by atoms with Crippen molar-refractivity contribution in [3.05, 3.63) is 27.7 Å². The van der Waals surface area contributed by atoms with Crippen LogP contribution in [0.3, 0.4) is 0 Å². The van der Waals surface area contributed by atoms with Crippen molar-refractivity contribution in [2.75, 3.05) is 0 Å². The predicted octanol–water partition coefficient (Wildman–Crippen LogP) is 3.59. The van der Waals surface area contributed by atoms with E-state index in [0.29, 0.717) is 27.8 Å². The number of aliphatic hydroxyl groups is 1. The van der Waals surface area contributed by atoms with Crippen LogP contribution in [-0.2, 0) is 0 Å². The van der Waals surface area contributed by atoms with Crippen LogP contribution in [0.2, 0.25) is 10.0 Å². The van der Waals surface area contributed by atoms with Crippen molar-refractivity contribution in [1.82, 2.24) is 0 Å². The molecule has 0 saturated heterocycles. The van der Waals surface area contributed by atoms with Crippen LogP contribution in [-0.4, -0.2) is 10.7 Å². The minimum atomic E-state index is -0.543. The largest absolute Gasteiger partial charge is 0.486 e. The Bertz CT molecular complexity index is 402. The molecular weight excluding hydrogens is 235 g/mol. The molecule has 1 aliphatic heterocycles. The van der Waals surface area contributed by atoms with E-state index < -0.39 is 11.7 Å². The number of aliphatic hydroxyl groups excluding tert-OH is 1. The first-order chi connectivity index (χ1) is 6.91. The average molecular weight is 247 g/mol. The van der Waals surface area contributed by atoms with Gasteiger partial charge >= 0.3 is 0 Å². The number of halogens is 2. The fraction of sp³-hybridized carbons (Fsp3) is 0.455. The summed E-state index contributed by atoms with van der Waals surface area (Å²) in [6.07, 6.45) is 0.0105. The summed E-state index contributed by atoms with van der Waals surface area (Å²) in [5.74, 6) is 0.507. The molecule has 82 valence electrons. The summed E-state index contributed by atoms with van der Waals surface area (Å²) in [5.41, 5.74) is 0.296. The normalized spacial score (nSPS) is 23.1. The van der Waals surface area contributed by atoms with Crippen LogP contribution < -0.4 is 4.74 Å². The van der Waals surface area contributed by atoms with E-state index in [1.807, 2.05) is 13.8 Å². The number of fused-ring (bicyclic) bond motifs is 1. The molecule has 0 amide bonds. The zero-order chi connectivity index (χ0) is 11.2. The zero-order valence-electron chi connectivity index (χ0n) is 8.55. The first kappa shape index (κ1) is 11.1. The highest BCUT2D eigenvalue weighted by Gasteiger charge is 2.34. The molecule has 1 aliphatic rings. The molecule has 15 heavy (non-hydrogen) atoms. The molecule has 0 aromatic heterocycles. The van der Waals surface area contributed by atoms with Crippen molar-refractivity contribution in [2.24, 2.45) is 0 Å². The molecule has 0 saturated carbocycles. The van der Waals surface area contributed by atoms with Crippen molar-refractivity contribution >= 4 is 23.2 Å². The van der Waals surface area contributed by atoms with Gasteiger partial charge < -0.3 is 9.84 Å². The Labute approximate surface area is 98.8 Å². The van der Waals surface area contributed by atoms with Gasteiger partial charge in [-0.15, -0.1) is 0 Å². The Hall–Kier alpha value is -0.440. The fourth-order valence-electron chi connectivity index (χ4n) is 1.81. The van der Waals surface area contributed by atoms with E-state index in [1.165, 1.54) is 0 Å². The van der Waals surface area contributed by atoms with E-state index in [1.54, 1.807) is 12.1 Å². The molecule has 2 nitrogen and oxygen atoms in total. The third-order valence-electron chi connectivity index (χ3n) is 2.50. The van der Waals surface area contributed by atoms with E-state index in [0.717, 1.165) is 0 Å². The summed E-state index contributed by atoms with van der Waals surface area (Å²) in [7, 11) is 0. The first-order valence-corrected chi connectivity index (χ1v) is 5.51. The highest BCUT2D eigenvalue weighted by molar-refractivity contribution is 6.43. The van der Waals surface area contributed by atoms with Gasteiger partial charge in [-0.25, -0.2) is 0 Å². The summed E-state index contributed by atoms with van der Waals surface area (Å²) in [4.78, 5) is 0. The topological polar surface area (TPSA) is 29.5 Å². The molecule has 1 aromatic rings. The van der Waals surface area contributed by atoms with Crippen molar-refractivity contribution in [1.29, 1.82) is 0 Å². The second-order valence-electron chi connectivity index (χ2n) is 4.36. The molecule has 1 unspecified atom stereocenters. The smallest absolute Gasteiger partial charge is 0.146 e. The summed E-state index contributed by atoms with van der Waals surface area (Å²) in [6, 6.07) is 3.43. The van der Waals surface area contributed by atoms with Gasteiger partial charge in [0.05, 0.1) is 11.1 Å². The third kappa shape index (κ3) is 1.94. The average Bonchev–Trinajstić information content (AvgIpc) is 2.10. The molecule has 1 aromatic carbocycles. The van der Waals surface area contributed by atoms with E-state index >= 15 is 0 Å². The molecule has 0 bridgehead atoms. The molecule has 1 atom stereocenters. The van der Waals surface area contributed by atoms with Gasteiger partial charge in [0.1, 0.15) is 16.4 Å². The molecular formula is C11H12Cl2O2. The lowest BCUT2D eigenvalue weighted by molar-refractivity contribution is 0.0116. The van der Waals surface area contributed by atoms with Crippen LogP contribution >= 0.6 is 23.2 Å². The second-order valence-corrected chi connectivity index (χ2v) is 5.15. The Morgan fingerprint density at radius 1 is 1.40 bits per heavy atom. The molecule has 0 spiro atoms. The summed E-state index contributed by atoms with van der Waals surface area (Å²) in [6.45, 7) is 3.83. The molecule has 4 heteroatoms. The number of hydrogen-bond acceptors (Lipinski definition) is 2. The van der Waals surface area contributed by atoms with Gasteiger partial charge in [0.25, 0.3) is 0 Å². The standard InChI is InChI=1S/C11H12Cl2O2/c1-11(2)5-8(14)6-3-4-7(12)9(13)10(6)15-11/h3-4,8,14H,5H2,1-2H3. The van der Waals surface area contributed by atoms with E-state index in [2.05, 4.69) is 0 Å². The minimum absolute atomic E-state index is 0.376. The number of hydrogen-bond donors (Lipinski definition) is 1. The van der Waals surface area contributed by atoms with Crippen LogP contribution in [0, 0.1) is 0 Å². The molecule has 0 aliphatic carbocycles. The van der Waals surface area contributed by atoms with Crippen molar-refractivity contribution in [3.63, 3.8) is 0 Å². The Kier molecular flexibility index (Phi) is 2.61. The lowest BCUT2D eigenvalue weighted by Gasteiger charge is -2.36. The highest BCUT2D eigenvalue weighted by Crippen LogP contribution is 2.45. The van der Waals surface area contributed by atoms with Crippen molar-refractivity contribution < 1.29 is 9.84 Å². The van der Waals surface area contributed by atoms with E-state index in [9.17, 15) is 5.11 Å². The second kappa shape index (κ2) is 3.55. The zero-order valence-corrected chi connectivity index (χ0v) is 10.1. The molecule has 1 N–H and O–H groups in total. The molecule has 1 heterocycles. The van der Waals surface area contributed by atoms with Gasteiger partial charge in [-0.1, -0.05) is 29.3 Å². The highest BCUT2D eigenvalue weighted by atomic mass is 35.5. The maximum Gasteiger partial charge on any atom is 0.146 e. The van der Waals surface area contributed by atoms with Crippen LogP contribution in [0.5, 0.6) is 5.75 Å². The third-order valence-corrected chi connectivity index (χ3v) is 3.29. The van der Waals surface area contributed by atoms with Crippen LogP contribution in [0.1, 0.15) is 31.9 Å². The maximum absolute atomic E-state index is 9.93. The van der Waals surface area contributed by atoms with Gasteiger partial charge in [-0.2, -0.15) is 0 Å². The molecule has 0 fully saturated rings. The number of ether oxygens (including phenoxy) is 1. The molecule has 0 radical (unpaired) electrons. The maximum atomic E-state index is 9.93. The van der Waals surface area contributed by atoms with Crippen LogP contribution in [0.15, 0.2) is 12.1 Å². The number of benzene rings is 1. The van der Waals surface area contributed by atoms with Gasteiger partial charge in [0.15, 0.2) is 0 Å². The first-order valence-electron chi connectivity index (χ1n) is 4.76. The quantitative estimate of drug-likeness (QED) is 0.759. The predicted molar refractivity (Wildman–Crippen MR) is 60.7 cm³/mol. The van der Waals surface area contributed by atoms with Gasteiger partial charge in [-0.05, 0) is 19.9 Å². The Morgan fingerprint density at radius 3 is 2.73 bits per heavy atom. The van der Waals surface area contributed by atoms with Crippen molar-refractivity contribution in [2.45, 2.75) is 32.0 Å².